The first-order valence-corrected chi connectivity index (χ1v) is 12.8. The normalized spacial score (nSPS) is 15.2. The predicted molar refractivity (Wildman–Crippen MR) is 141 cm³/mol. The summed E-state index contributed by atoms with van der Waals surface area (Å²) in [5, 5.41) is 8.71. The Morgan fingerprint density at radius 2 is 1.92 bits per heavy atom. The zero-order chi connectivity index (χ0) is 27.3. The standard InChI is InChI=1S/C29H27F2N5O3/c1-16-26(35(2)34-33-16)20-8-9-21-25-23(14-18(15-32-25)29(37)38-3)36(28(21)24(20)31)27(17-10-12-39-13-11-17)19-6-4-5-7-22(19)30/h4-9,14-15,17,27H,10-13H2,1-3H3/t27-/m0/s1. The molecule has 1 saturated heterocycles. The van der Waals surface area contributed by atoms with Crippen molar-refractivity contribution in [3.05, 3.63) is 77.1 Å². The molecule has 200 valence electrons. The molecule has 0 unspecified atom stereocenters. The van der Waals surface area contributed by atoms with Gasteiger partial charge >= 0.3 is 5.97 Å². The molecular formula is C29H27F2N5O3. The number of aromatic nitrogens is 5. The van der Waals surface area contributed by atoms with Gasteiger partial charge in [0.2, 0.25) is 0 Å². The lowest BCUT2D eigenvalue weighted by atomic mass is 9.86. The van der Waals surface area contributed by atoms with Gasteiger partial charge in [-0.05, 0) is 49.9 Å². The number of rotatable bonds is 5. The molecule has 4 heterocycles. The third-order valence-electron chi connectivity index (χ3n) is 7.63. The number of nitrogens with zero attached hydrogens (tertiary/aromatic N) is 5. The van der Waals surface area contributed by atoms with E-state index in [9.17, 15) is 4.79 Å². The van der Waals surface area contributed by atoms with Crippen molar-refractivity contribution in [1.29, 1.82) is 0 Å². The maximum absolute atomic E-state index is 16.8. The third-order valence-corrected chi connectivity index (χ3v) is 7.63. The number of aryl methyl sites for hydroxylation is 2. The van der Waals surface area contributed by atoms with Crippen LogP contribution >= 0.6 is 0 Å². The number of carbonyl (C=O) groups is 1. The number of benzene rings is 2. The van der Waals surface area contributed by atoms with E-state index >= 15 is 8.78 Å². The number of carbonyl (C=O) groups excluding carboxylic acids is 1. The van der Waals surface area contributed by atoms with Crippen molar-refractivity contribution in [3.8, 4) is 11.3 Å². The predicted octanol–water partition coefficient (Wildman–Crippen LogP) is 5.37. The molecule has 0 aliphatic carbocycles. The van der Waals surface area contributed by atoms with E-state index in [1.165, 1.54) is 24.1 Å². The van der Waals surface area contributed by atoms with Crippen LogP contribution in [0.3, 0.4) is 0 Å². The molecule has 1 aliphatic heterocycles. The number of fused-ring (bicyclic) bond motifs is 3. The van der Waals surface area contributed by atoms with Crippen LogP contribution in [0.2, 0.25) is 0 Å². The number of pyridine rings is 1. The van der Waals surface area contributed by atoms with Crippen LogP contribution < -0.4 is 0 Å². The van der Waals surface area contributed by atoms with Gasteiger partial charge in [-0.3, -0.25) is 4.98 Å². The molecule has 0 saturated carbocycles. The van der Waals surface area contributed by atoms with Crippen molar-refractivity contribution in [3.63, 3.8) is 0 Å². The van der Waals surface area contributed by atoms with Gasteiger partial charge in [-0.1, -0.05) is 23.4 Å². The molecule has 0 radical (unpaired) electrons. The molecule has 6 rings (SSSR count). The van der Waals surface area contributed by atoms with Crippen molar-refractivity contribution in [2.75, 3.05) is 20.3 Å². The highest BCUT2D eigenvalue weighted by atomic mass is 19.1. The molecule has 0 amide bonds. The molecule has 0 spiro atoms. The smallest absolute Gasteiger partial charge is 0.339 e. The fourth-order valence-electron chi connectivity index (χ4n) is 5.84. The highest BCUT2D eigenvalue weighted by molar-refractivity contribution is 6.08. The fourth-order valence-corrected chi connectivity index (χ4v) is 5.84. The second-order valence-electron chi connectivity index (χ2n) is 9.84. The van der Waals surface area contributed by atoms with Crippen molar-refractivity contribution in [2.45, 2.75) is 25.8 Å². The fraction of sp³-hybridized carbons (Fsp3) is 0.310. The largest absolute Gasteiger partial charge is 0.465 e. The molecule has 1 aliphatic rings. The number of esters is 1. The lowest BCUT2D eigenvalue weighted by molar-refractivity contribution is 0.0548. The minimum Gasteiger partial charge on any atom is -0.465 e. The lowest BCUT2D eigenvalue weighted by Gasteiger charge is -2.33. The van der Waals surface area contributed by atoms with Crippen LogP contribution in [0.4, 0.5) is 8.78 Å². The number of halogens is 2. The van der Waals surface area contributed by atoms with Crippen LogP contribution in [-0.2, 0) is 16.5 Å². The summed E-state index contributed by atoms with van der Waals surface area (Å²) in [5.41, 5.74) is 3.42. The van der Waals surface area contributed by atoms with Crippen molar-refractivity contribution >= 4 is 27.9 Å². The van der Waals surface area contributed by atoms with Crippen LogP contribution in [0.25, 0.3) is 33.2 Å². The Morgan fingerprint density at radius 1 is 1.15 bits per heavy atom. The van der Waals surface area contributed by atoms with Gasteiger partial charge in [-0.15, -0.1) is 5.10 Å². The van der Waals surface area contributed by atoms with Crippen molar-refractivity contribution < 1.29 is 23.0 Å². The quantitative estimate of drug-likeness (QED) is 0.284. The summed E-state index contributed by atoms with van der Waals surface area (Å²) in [5.74, 6) is -1.50. The van der Waals surface area contributed by atoms with E-state index in [-0.39, 0.29) is 22.8 Å². The minimum atomic E-state index is -0.583. The molecule has 0 bridgehead atoms. The second kappa shape index (κ2) is 9.85. The second-order valence-corrected chi connectivity index (χ2v) is 9.84. The molecule has 8 nitrogen and oxygen atoms in total. The molecule has 1 fully saturated rings. The van der Waals surface area contributed by atoms with Gasteiger partial charge in [-0.2, -0.15) is 0 Å². The SMILES string of the molecule is COC(=O)c1cnc2c3ccc(-c4c(C)nnn4C)c(F)c3n([C@H](c3ccccc3F)C3CCOCC3)c2c1. The molecule has 0 N–H and O–H groups in total. The topological polar surface area (TPSA) is 84.1 Å². The molecule has 10 heteroatoms. The maximum Gasteiger partial charge on any atom is 0.339 e. The maximum atomic E-state index is 16.8. The van der Waals surface area contributed by atoms with Crippen LogP contribution in [-0.4, -0.2) is 50.8 Å². The Kier molecular flexibility index (Phi) is 6.34. The lowest BCUT2D eigenvalue weighted by Crippen LogP contribution is -2.27. The molecular weight excluding hydrogens is 504 g/mol. The van der Waals surface area contributed by atoms with E-state index in [1.54, 1.807) is 44.3 Å². The zero-order valence-electron chi connectivity index (χ0n) is 21.8. The third kappa shape index (κ3) is 4.06. The molecule has 1 atom stereocenters. The highest BCUT2D eigenvalue weighted by Crippen LogP contribution is 2.43. The van der Waals surface area contributed by atoms with E-state index in [1.807, 2.05) is 10.6 Å². The Morgan fingerprint density at radius 3 is 2.62 bits per heavy atom. The number of hydrogen-bond donors (Lipinski definition) is 0. The Bertz CT molecular complexity index is 1700. The monoisotopic (exact) mass is 531 g/mol. The number of ether oxygens (including phenoxy) is 2. The van der Waals surface area contributed by atoms with Gasteiger partial charge in [0.1, 0.15) is 5.82 Å². The summed E-state index contributed by atoms with van der Waals surface area (Å²) < 4.78 is 46.3. The average molecular weight is 532 g/mol. The summed E-state index contributed by atoms with van der Waals surface area (Å²) in [4.78, 5) is 17.1. The first kappa shape index (κ1) is 25.1. The van der Waals surface area contributed by atoms with Crippen LogP contribution in [0, 0.1) is 24.5 Å². The summed E-state index contributed by atoms with van der Waals surface area (Å²) in [7, 11) is 3.01. The van der Waals surface area contributed by atoms with Crippen molar-refractivity contribution in [1.82, 2.24) is 24.5 Å². The molecule has 5 aromatic rings. The van der Waals surface area contributed by atoms with E-state index in [0.717, 1.165) is 0 Å². The van der Waals surface area contributed by atoms with Gasteiger partial charge in [0, 0.05) is 43.0 Å². The van der Waals surface area contributed by atoms with Crippen LogP contribution in [0.1, 0.15) is 40.5 Å². The number of methoxy groups -OCH3 is 1. The first-order chi connectivity index (χ1) is 18.9. The van der Waals surface area contributed by atoms with E-state index in [0.29, 0.717) is 65.0 Å². The van der Waals surface area contributed by atoms with Gasteiger partial charge in [0.25, 0.3) is 0 Å². The van der Waals surface area contributed by atoms with E-state index < -0.39 is 17.8 Å². The zero-order valence-corrected chi connectivity index (χ0v) is 21.8. The van der Waals surface area contributed by atoms with Crippen LogP contribution in [0.5, 0.6) is 0 Å². The summed E-state index contributed by atoms with van der Waals surface area (Å²) in [6, 6.07) is 11.1. The molecule has 39 heavy (non-hydrogen) atoms. The molecule has 3 aromatic heterocycles. The highest BCUT2D eigenvalue weighted by Gasteiger charge is 2.33. The van der Waals surface area contributed by atoms with Gasteiger partial charge < -0.3 is 14.0 Å². The van der Waals surface area contributed by atoms with Gasteiger partial charge in [0.05, 0.1) is 46.7 Å². The van der Waals surface area contributed by atoms with E-state index in [2.05, 4.69) is 15.3 Å². The Labute approximate surface area is 223 Å². The minimum absolute atomic E-state index is 0.0561. The number of hydrogen-bond acceptors (Lipinski definition) is 6. The summed E-state index contributed by atoms with van der Waals surface area (Å²) in [6.07, 6.45) is 2.75. The van der Waals surface area contributed by atoms with Gasteiger partial charge in [0.15, 0.2) is 5.82 Å². The van der Waals surface area contributed by atoms with Gasteiger partial charge in [-0.25, -0.2) is 18.3 Å². The Balaban J connectivity index is 1.74. The van der Waals surface area contributed by atoms with E-state index in [4.69, 9.17) is 9.47 Å². The molecule has 2 aromatic carbocycles. The summed E-state index contributed by atoms with van der Waals surface area (Å²) >= 11 is 0. The summed E-state index contributed by atoms with van der Waals surface area (Å²) in [6.45, 7) is 2.81. The Hall–Kier alpha value is -4.18. The van der Waals surface area contributed by atoms with Crippen LogP contribution in [0.15, 0.2) is 48.7 Å². The first-order valence-electron chi connectivity index (χ1n) is 12.8. The van der Waals surface area contributed by atoms with Crippen molar-refractivity contribution in [2.24, 2.45) is 13.0 Å². The average Bonchev–Trinajstić information content (AvgIpc) is 3.46.